The van der Waals surface area contributed by atoms with Crippen molar-refractivity contribution in [2.24, 2.45) is 4.52 Å². The van der Waals surface area contributed by atoms with Gasteiger partial charge in [-0.15, -0.1) is 0 Å². The van der Waals surface area contributed by atoms with Gasteiger partial charge in [0.2, 0.25) is 0 Å². The summed E-state index contributed by atoms with van der Waals surface area (Å²) in [5.41, 5.74) is 7.54. The van der Waals surface area contributed by atoms with Crippen molar-refractivity contribution >= 4 is 15.7 Å². The maximum Gasteiger partial charge on any atom is 0.312 e. The van der Waals surface area contributed by atoms with Crippen LogP contribution in [0.4, 0.5) is 5.69 Å². The van der Waals surface area contributed by atoms with Gasteiger partial charge in [-0.05, 0) is 17.7 Å². The van der Waals surface area contributed by atoms with E-state index < -0.39 is 25.5 Å². The Balaban J connectivity index is 3.46. The molecule has 0 saturated carbocycles. The highest BCUT2D eigenvalue weighted by molar-refractivity contribution is 7.90. The van der Waals surface area contributed by atoms with E-state index in [0.717, 1.165) is 18.2 Å². The Morgan fingerprint density at radius 1 is 1.53 bits per heavy atom. The zero-order valence-corrected chi connectivity index (χ0v) is 9.29. The topological polar surface area (TPSA) is 135 Å². The lowest BCUT2D eigenvalue weighted by Crippen LogP contribution is -1.99. The zero-order chi connectivity index (χ0) is 13.1. The van der Waals surface area contributed by atoms with Crippen molar-refractivity contribution in [3.8, 4) is 5.75 Å². The van der Waals surface area contributed by atoms with Crippen LogP contribution in [0.2, 0.25) is 0 Å². The maximum atomic E-state index is 11.3. The second-order valence-corrected chi connectivity index (χ2v) is 4.32. The second-order valence-electron chi connectivity index (χ2n) is 2.74. The number of ether oxygens (including phenoxy) is 1. The molecule has 0 saturated heterocycles. The van der Waals surface area contributed by atoms with Gasteiger partial charge in [-0.1, -0.05) is 0 Å². The van der Waals surface area contributed by atoms with Gasteiger partial charge in [0.25, 0.3) is 10.0 Å². The molecule has 0 heterocycles. The lowest BCUT2D eigenvalue weighted by molar-refractivity contribution is -0.386. The predicted molar refractivity (Wildman–Crippen MR) is 56.0 cm³/mol. The fourth-order valence-electron chi connectivity index (χ4n) is 1.07. The van der Waals surface area contributed by atoms with Crippen molar-refractivity contribution in [1.29, 1.82) is 0 Å². The van der Waals surface area contributed by atoms with Crippen LogP contribution in [-0.4, -0.2) is 20.5 Å². The van der Waals surface area contributed by atoms with Gasteiger partial charge in [0, 0.05) is 15.5 Å². The number of nitro groups is 1. The smallest absolute Gasteiger partial charge is 0.312 e. The molecule has 0 amide bonds. The molecule has 0 N–H and O–H groups in total. The van der Waals surface area contributed by atoms with Gasteiger partial charge in [0.15, 0.2) is 5.75 Å². The maximum absolute atomic E-state index is 11.3. The summed E-state index contributed by atoms with van der Waals surface area (Å²) in [6.45, 7) is 0. The Hall–Kier alpha value is -2.32. The monoisotopic (exact) mass is 258 g/mol. The van der Waals surface area contributed by atoms with Crippen LogP contribution >= 0.6 is 0 Å². The molecule has 0 bridgehead atoms. The van der Waals surface area contributed by atoms with E-state index in [9.17, 15) is 18.5 Å². The molecule has 9 nitrogen and oxygen atoms in total. The SMILES string of the molecule is COc1ccc(S(=O)(=O)N=[N+]=[N-])cc1[N+](=O)[O-]. The van der Waals surface area contributed by atoms with Crippen LogP contribution < -0.4 is 4.74 Å². The number of methoxy groups -OCH3 is 1. The van der Waals surface area contributed by atoms with Crippen LogP contribution in [0.1, 0.15) is 0 Å². The predicted octanol–water partition coefficient (Wildman–Crippen LogP) is 1.60. The minimum atomic E-state index is -4.24. The van der Waals surface area contributed by atoms with Crippen molar-refractivity contribution in [3.05, 3.63) is 38.8 Å². The van der Waals surface area contributed by atoms with Crippen LogP contribution in [0.15, 0.2) is 27.6 Å². The number of benzene rings is 1. The standard InChI is InChI=1S/C7H6N4O5S/c1-16-7-3-2-5(4-6(7)11(12)13)17(14,15)10-9-8/h2-4H,1H3. The van der Waals surface area contributed by atoms with E-state index in [0.29, 0.717) is 0 Å². The van der Waals surface area contributed by atoms with Crippen LogP contribution in [0.5, 0.6) is 5.75 Å². The summed E-state index contributed by atoms with van der Waals surface area (Å²) in [7, 11) is -3.03. The lowest BCUT2D eigenvalue weighted by atomic mass is 10.3. The Labute approximate surface area is 95.5 Å². The minimum absolute atomic E-state index is 0.0881. The molecule has 1 aromatic carbocycles. The molecule has 0 unspecified atom stereocenters. The molecular formula is C7H6N4O5S. The van der Waals surface area contributed by atoms with Gasteiger partial charge >= 0.3 is 5.69 Å². The van der Waals surface area contributed by atoms with Crippen molar-refractivity contribution in [2.45, 2.75) is 4.90 Å². The Bertz CT molecular complexity index is 605. The van der Waals surface area contributed by atoms with E-state index in [-0.39, 0.29) is 5.75 Å². The average molecular weight is 258 g/mol. The fourth-order valence-corrected chi connectivity index (χ4v) is 1.76. The molecule has 0 atom stereocenters. The summed E-state index contributed by atoms with van der Waals surface area (Å²) in [6, 6.07) is 2.93. The first-order valence-electron chi connectivity index (χ1n) is 4.06. The van der Waals surface area contributed by atoms with Gasteiger partial charge in [-0.3, -0.25) is 10.1 Å². The molecule has 1 aromatic rings. The summed E-state index contributed by atoms with van der Waals surface area (Å²) in [6.07, 6.45) is 0. The van der Waals surface area contributed by atoms with Gasteiger partial charge in [0.1, 0.15) is 0 Å². The van der Waals surface area contributed by atoms with Gasteiger partial charge in [0.05, 0.1) is 16.9 Å². The summed E-state index contributed by atoms with van der Waals surface area (Å²) >= 11 is 0. The van der Waals surface area contributed by atoms with Gasteiger partial charge < -0.3 is 4.74 Å². The third-order valence-electron chi connectivity index (χ3n) is 1.79. The van der Waals surface area contributed by atoms with Crippen molar-refractivity contribution < 1.29 is 18.1 Å². The van der Waals surface area contributed by atoms with Crippen molar-refractivity contribution in [1.82, 2.24) is 0 Å². The Kier molecular flexibility index (Phi) is 3.51. The molecule has 0 aliphatic heterocycles. The molecule has 0 radical (unpaired) electrons. The summed E-state index contributed by atoms with van der Waals surface area (Å²) in [5.74, 6) is -0.0881. The number of azide groups is 1. The number of nitro benzene ring substituents is 1. The molecule has 1 rings (SSSR count). The van der Waals surface area contributed by atoms with E-state index in [1.165, 1.54) is 7.11 Å². The minimum Gasteiger partial charge on any atom is -0.490 e. The zero-order valence-electron chi connectivity index (χ0n) is 8.47. The molecule has 0 aliphatic rings. The van der Waals surface area contributed by atoms with Gasteiger partial charge in [-0.2, -0.15) is 0 Å². The molecule has 0 aliphatic carbocycles. The highest BCUT2D eigenvalue weighted by atomic mass is 32.2. The number of hydrogen-bond donors (Lipinski definition) is 0. The second kappa shape index (κ2) is 4.68. The third-order valence-corrected chi connectivity index (χ3v) is 2.93. The first kappa shape index (κ1) is 12.7. The lowest BCUT2D eigenvalue weighted by Gasteiger charge is -2.02. The first-order valence-corrected chi connectivity index (χ1v) is 5.50. The molecule has 90 valence electrons. The van der Waals surface area contributed by atoms with Crippen LogP contribution in [0, 0.1) is 10.1 Å². The molecule has 0 aromatic heterocycles. The average Bonchev–Trinajstić information content (AvgIpc) is 2.28. The summed E-state index contributed by atoms with van der Waals surface area (Å²) < 4.78 is 29.9. The first-order chi connectivity index (χ1) is 7.92. The van der Waals surface area contributed by atoms with Crippen LogP contribution in [0.3, 0.4) is 0 Å². The Morgan fingerprint density at radius 3 is 2.65 bits per heavy atom. The molecular weight excluding hydrogens is 252 g/mol. The van der Waals surface area contributed by atoms with E-state index in [1.54, 1.807) is 0 Å². The van der Waals surface area contributed by atoms with E-state index in [4.69, 9.17) is 10.3 Å². The molecule has 17 heavy (non-hydrogen) atoms. The summed E-state index contributed by atoms with van der Waals surface area (Å²) in [4.78, 5) is 11.5. The molecule has 10 heteroatoms. The number of nitrogens with zero attached hydrogens (tertiary/aromatic N) is 4. The summed E-state index contributed by atoms with van der Waals surface area (Å²) in [5, 5.41) is 10.6. The van der Waals surface area contributed by atoms with Crippen molar-refractivity contribution in [3.63, 3.8) is 0 Å². The molecule has 0 spiro atoms. The number of sulfonamides is 1. The normalized spacial score (nSPS) is 10.4. The fraction of sp³-hybridized carbons (Fsp3) is 0.143. The van der Waals surface area contributed by atoms with Gasteiger partial charge in [-0.25, -0.2) is 8.42 Å². The highest BCUT2D eigenvalue weighted by Crippen LogP contribution is 2.29. The van der Waals surface area contributed by atoms with Crippen LogP contribution in [0.25, 0.3) is 10.4 Å². The highest BCUT2D eigenvalue weighted by Gasteiger charge is 2.20. The third kappa shape index (κ3) is 2.62. The van der Waals surface area contributed by atoms with Crippen molar-refractivity contribution in [2.75, 3.05) is 7.11 Å². The van der Waals surface area contributed by atoms with Crippen LogP contribution in [-0.2, 0) is 10.0 Å². The van der Waals surface area contributed by atoms with E-state index >= 15 is 0 Å². The number of rotatable bonds is 4. The molecule has 0 fully saturated rings. The van der Waals surface area contributed by atoms with E-state index in [2.05, 4.69) is 9.43 Å². The van der Waals surface area contributed by atoms with E-state index in [1.807, 2.05) is 0 Å². The Morgan fingerprint density at radius 2 is 2.18 bits per heavy atom. The number of hydrogen-bond acceptors (Lipinski definition) is 5. The quantitative estimate of drug-likeness (QED) is 0.265. The largest absolute Gasteiger partial charge is 0.490 e.